The number of nitrogens with zero attached hydrogens (tertiary/aromatic N) is 2. The summed E-state index contributed by atoms with van der Waals surface area (Å²) >= 11 is 0. The number of fused-ring (bicyclic) bond motifs is 2. The minimum atomic E-state index is 0.488. The number of anilines is 1. The molecule has 3 aromatic rings. The van der Waals surface area contributed by atoms with Crippen molar-refractivity contribution in [1.29, 1.82) is 0 Å². The van der Waals surface area contributed by atoms with Gasteiger partial charge in [0.2, 0.25) is 0 Å². The Hall–Kier alpha value is -2.82. The molecule has 1 aromatic heterocycles. The zero-order chi connectivity index (χ0) is 17.1. The van der Waals surface area contributed by atoms with E-state index in [1.165, 1.54) is 29.5 Å². The maximum absolute atomic E-state index is 6.10. The highest BCUT2D eigenvalue weighted by Gasteiger charge is 2.13. The number of aromatic nitrogens is 2. The molecule has 0 radical (unpaired) electrons. The molecule has 0 bridgehead atoms. The van der Waals surface area contributed by atoms with Gasteiger partial charge in [-0.1, -0.05) is 24.3 Å². The number of guanidine groups is 1. The Morgan fingerprint density at radius 3 is 3.08 bits per heavy atom. The Bertz CT molecular complexity index is 909. The molecule has 0 unspecified atom stereocenters. The molecule has 0 atom stereocenters. The molecule has 0 spiro atoms. The monoisotopic (exact) mass is 333 g/mol. The van der Waals surface area contributed by atoms with Crippen LogP contribution >= 0.6 is 0 Å². The van der Waals surface area contributed by atoms with E-state index in [0.717, 1.165) is 35.9 Å². The van der Waals surface area contributed by atoms with Gasteiger partial charge in [0.25, 0.3) is 0 Å². The number of hydrogen-bond donors (Lipinski definition) is 3. The van der Waals surface area contributed by atoms with Crippen molar-refractivity contribution in [3.05, 3.63) is 59.3 Å². The lowest BCUT2D eigenvalue weighted by molar-refractivity contribution is 0.687. The molecule has 4 rings (SSSR count). The molecule has 5 nitrogen and oxygen atoms in total. The van der Waals surface area contributed by atoms with Crippen LogP contribution in [-0.2, 0) is 19.3 Å². The number of hydrogen-bond acceptors (Lipinski definition) is 2. The van der Waals surface area contributed by atoms with Gasteiger partial charge in [-0.15, -0.1) is 0 Å². The smallest absolute Gasteiger partial charge is 0.193 e. The number of aromatic amines is 1. The van der Waals surface area contributed by atoms with E-state index in [1.807, 2.05) is 6.20 Å². The summed E-state index contributed by atoms with van der Waals surface area (Å²) in [4.78, 5) is 4.49. The largest absolute Gasteiger partial charge is 0.370 e. The quantitative estimate of drug-likeness (QED) is 0.506. The van der Waals surface area contributed by atoms with Crippen LogP contribution < -0.4 is 11.1 Å². The first-order valence-electron chi connectivity index (χ1n) is 8.89. The fourth-order valence-electron chi connectivity index (χ4n) is 3.52. The molecule has 0 saturated heterocycles. The summed E-state index contributed by atoms with van der Waals surface area (Å²) in [6, 6.07) is 12.7. The molecule has 1 aliphatic carbocycles. The van der Waals surface area contributed by atoms with E-state index in [0.29, 0.717) is 12.5 Å². The Balaban J connectivity index is 1.40. The molecule has 128 valence electrons. The van der Waals surface area contributed by atoms with Crippen molar-refractivity contribution in [1.82, 2.24) is 10.2 Å². The number of benzene rings is 2. The number of aryl methyl sites for hydroxylation is 1. The van der Waals surface area contributed by atoms with Crippen LogP contribution in [0.3, 0.4) is 0 Å². The van der Waals surface area contributed by atoms with Crippen LogP contribution in [0.1, 0.15) is 29.5 Å². The molecular formula is C20H23N5. The molecule has 2 aromatic carbocycles. The van der Waals surface area contributed by atoms with Crippen molar-refractivity contribution < 1.29 is 0 Å². The van der Waals surface area contributed by atoms with E-state index in [1.54, 1.807) is 0 Å². The lowest BCUT2D eigenvalue weighted by atomic mass is 9.90. The van der Waals surface area contributed by atoms with Gasteiger partial charge in [0.1, 0.15) is 0 Å². The van der Waals surface area contributed by atoms with Crippen LogP contribution in [0.4, 0.5) is 5.69 Å². The van der Waals surface area contributed by atoms with Gasteiger partial charge in [-0.25, -0.2) is 0 Å². The van der Waals surface area contributed by atoms with Crippen molar-refractivity contribution in [2.45, 2.75) is 32.1 Å². The van der Waals surface area contributed by atoms with Gasteiger partial charge in [0.15, 0.2) is 5.96 Å². The SMILES string of the molecule is NC(=NCCc1ccc2cn[nH]c2c1)Nc1cccc2c1CCCC2. The number of H-pyrrole nitrogens is 1. The van der Waals surface area contributed by atoms with Gasteiger partial charge in [-0.05, 0) is 60.9 Å². The summed E-state index contributed by atoms with van der Waals surface area (Å²) in [5, 5.41) is 11.5. The van der Waals surface area contributed by atoms with Crippen LogP contribution in [0.25, 0.3) is 10.9 Å². The summed E-state index contributed by atoms with van der Waals surface area (Å²) in [6.45, 7) is 0.660. The second kappa shape index (κ2) is 6.97. The molecular weight excluding hydrogens is 310 g/mol. The van der Waals surface area contributed by atoms with Crippen molar-refractivity contribution in [3.8, 4) is 0 Å². The first-order valence-corrected chi connectivity index (χ1v) is 8.89. The lowest BCUT2D eigenvalue weighted by Crippen LogP contribution is -2.24. The maximum atomic E-state index is 6.10. The predicted octanol–water partition coefficient (Wildman–Crippen LogP) is 3.41. The first-order chi connectivity index (χ1) is 12.3. The normalized spacial score (nSPS) is 14.5. The molecule has 0 fully saturated rings. The van der Waals surface area contributed by atoms with Crippen molar-refractivity contribution in [2.24, 2.45) is 10.7 Å². The third-order valence-corrected chi connectivity index (χ3v) is 4.85. The molecule has 5 heteroatoms. The number of nitrogens with two attached hydrogens (primary N) is 1. The van der Waals surface area contributed by atoms with Gasteiger partial charge < -0.3 is 11.1 Å². The molecule has 4 N–H and O–H groups in total. The highest BCUT2D eigenvalue weighted by molar-refractivity contribution is 5.93. The first kappa shape index (κ1) is 15.7. The minimum Gasteiger partial charge on any atom is -0.370 e. The van der Waals surface area contributed by atoms with Gasteiger partial charge >= 0.3 is 0 Å². The lowest BCUT2D eigenvalue weighted by Gasteiger charge is -2.19. The van der Waals surface area contributed by atoms with Gasteiger partial charge in [0.05, 0.1) is 11.7 Å². The van der Waals surface area contributed by atoms with E-state index >= 15 is 0 Å². The zero-order valence-corrected chi connectivity index (χ0v) is 14.3. The topological polar surface area (TPSA) is 79.1 Å². The Labute approximate surface area is 147 Å². The number of rotatable bonds is 4. The summed E-state index contributed by atoms with van der Waals surface area (Å²) < 4.78 is 0. The highest BCUT2D eigenvalue weighted by Crippen LogP contribution is 2.27. The average molecular weight is 333 g/mol. The Morgan fingerprint density at radius 1 is 1.20 bits per heavy atom. The second-order valence-electron chi connectivity index (χ2n) is 6.58. The van der Waals surface area contributed by atoms with Crippen molar-refractivity contribution in [3.63, 3.8) is 0 Å². The average Bonchev–Trinajstić information content (AvgIpc) is 3.10. The van der Waals surface area contributed by atoms with E-state index < -0.39 is 0 Å². The minimum absolute atomic E-state index is 0.488. The third kappa shape index (κ3) is 3.50. The van der Waals surface area contributed by atoms with Gasteiger partial charge in [-0.3, -0.25) is 10.1 Å². The van der Waals surface area contributed by atoms with Crippen LogP contribution in [-0.4, -0.2) is 22.7 Å². The summed E-state index contributed by atoms with van der Waals surface area (Å²) in [6.07, 6.45) is 7.50. The third-order valence-electron chi connectivity index (χ3n) is 4.85. The van der Waals surface area contributed by atoms with E-state index in [9.17, 15) is 0 Å². The van der Waals surface area contributed by atoms with Crippen molar-refractivity contribution in [2.75, 3.05) is 11.9 Å². The van der Waals surface area contributed by atoms with E-state index in [-0.39, 0.29) is 0 Å². The molecule has 0 amide bonds. The number of aliphatic imine (C=N–C) groups is 1. The molecule has 25 heavy (non-hydrogen) atoms. The molecule has 0 aliphatic heterocycles. The fourth-order valence-corrected chi connectivity index (χ4v) is 3.52. The zero-order valence-electron chi connectivity index (χ0n) is 14.3. The van der Waals surface area contributed by atoms with Crippen molar-refractivity contribution >= 4 is 22.5 Å². The van der Waals surface area contributed by atoms with Crippen LogP contribution in [0.5, 0.6) is 0 Å². The summed E-state index contributed by atoms with van der Waals surface area (Å²) in [5.41, 5.74) is 12.3. The number of nitrogens with one attached hydrogen (secondary N) is 2. The highest BCUT2D eigenvalue weighted by atomic mass is 15.1. The molecule has 1 heterocycles. The van der Waals surface area contributed by atoms with E-state index in [2.05, 4.69) is 56.9 Å². The molecule has 1 aliphatic rings. The van der Waals surface area contributed by atoms with E-state index in [4.69, 9.17) is 5.73 Å². The van der Waals surface area contributed by atoms with Crippen LogP contribution in [0, 0.1) is 0 Å². The van der Waals surface area contributed by atoms with Gasteiger partial charge in [-0.2, -0.15) is 5.10 Å². The molecule has 0 saturated carbocycles. The van der Waals surface area contributed by atoms with Crippen LogP contribution in [0.2, 0.25) is 0 Å². The second-order valence-corrected chi connectivity index (χ2v) is 6.58. The Kier molecular flexibility index (Phi) is 4.37. The fraction of sp³-hybridized carbons (Fsp3) is 0.300. The van der Waals surface area contributed by atoms with Crippen LogP contribution in [0.15, 0.2) is 47.6 Å². The van der Waals surface area contributed by atoms with Gasteiger partial charge in [0, 0.05) is 17.6 Å². The predicted molar refractivity (Wildman–Crippen MR) is 103 cm³/mol. The Morgan fingerprint density at radius 2 is 2.12 bits per heavy atom. The summed E-state index contributed by atoms with van der Waals surface area (Å²) in [7, 11) is 0. The maximum Gasteiger partial charge on any atom is 0.193 e. The standard InChI is InChI=1S/C20H23N5/c21-20(24-18-7-3-5-15-4-1-2-6-17(15)18)22-11-10-14-8-9-16-13-23-25-19(16)12-14/h3,5,7-9,12-13H,1-2,4,6,10-11H2,(H,23,25)(H3,21,22,24). The summed E-state index contributed by atoms with van der Waals surface area (Å²) in [5.74, 6) is 0.488.